The SMILES string of the molecule is CCCCOCc1cc(C(=O)Nc2cc(OC)c(OC)cc2C(=O)OC)ccc1OC. The lowest BCUT2D eigenvalue weighted by molar-refractivity contribution is 0.0601. The standard InChI is InChI=1S/C23H29NO7/c1-6-7-10-31-14-16-11-15(8-9-19(16)27-2)22(25)24-18-13-21(29-4)20(28-3)12-17(18)23(26)30-5/h8-9,11-13H,6-7,10,14H2,1-5H3,(H,24,25). The molecule has 8 heteroatoms. The Balaban J connectivity index is 2.32. The van der Waals surface area contributed by atoms with E-state index in [2.05, 4.69) is 12.2 Å². The molecule has 0 saturated carbocycles. The summed E-state index contributed by atoms with van der Waals surface area (Å²) >= 11 is 0. The summed E-state index contributed by atoms with van der Waals surface area (Å²) in [5.74, 6) is 0.322. The van der Waals surface area contributed by atoms with Gasteiger partial charge in [0, 0.05) is 29.9 Å². The van der Waals surface area contributed by atoms with Crippen LogP contribution in [0.2, 0.25) is 0 Å². The van der Waals surface area contributed by atoms with Gasteiger partial charge in [-0.15, -0.1) is 0 Å². The van der Waals surface area contributed by atoms with Crippen LogP contribution in [0.3, 0.4) is 0 Å². The number of unbranched alkanes of at least 4 members (excludes halogenated alkanes) is 1. The molecule has 2 aromatic carbocycles. The van der Waals surface area contributed by atoms with E-state index in [0.717, 1.165) is 18.4 Å². The number of esters is 1. The first kappa shape index (κ1) is 24.0. The van der Waals surface area contributed by atoms with Crippen LogP contribution < -0.4 is 19.5 Å². The molecule has 0 unspecified atom stereocenters. The number of nitrogens with one attached hydrogen (secondary N) is 1. The van der Waals surface area contributed by atoms with Gasteiger partial charge >= 0.3 is 5.97 Å². The van der Waals surface area contributed by atoms with Crippen molar-refractivity contribution in [3.8, 4) is 17.2 Å². The fraction of sp³-hybridized carbons (Fsp3) is 0.391. The highest BCUT2D eigenvalue weighted by atomic mass is 16.5. The van der Waals surface area contributed by atoms with E-state index in [0.29, 0.717) is 36.0 Å². The van der Waals surface area contributed by atoms with Crippen LogP contribution >= 0.6 is 0 Å². The summed E-state index contributed by atoms with van der Waals surface area (Å²) in [6.45, 7) is 3.05. The van der Waals surface area contributed by atoms with E-state index in [-0.39, 0.29) is 11.3 Å². The van der Waals surface area contributed by atoms with E-state index in [1.54, 1.807) is 25.3 Å². The Bertz CT molecular complexity index is 911. The molecule has 31 heavy (non-hydrogen) atoms. The van der Waals surface area contributed by atoms with E-state index in [9.17, 15) is 9.59 Å². The third kappa shape index (κ3) is 6.11. The molecular weight excluding hydrogens is 402 g/mol. The molecule has 2 rings (SSSR count). The predicted octanol–water partition coefficient (Wildman–Crippen LogP) is 4.07. The number of rotatable bonds is 11. The Morgan fingerprint density at radius 2 is 1.58 bits per heavy atom. The molecule has 8 nitrogen and oxygen atoms in total. The summed E-state index contributed by atoms with van der Waals surface area (Å²) in [4.78, 5) is 25.2. The second-order valence-corrected chi connectivity index (χ2v) is 6.63. The number of hydrogen-bond donors (Lipinski definition) is 1. The zero-order valence-electron chi connectivity index (χ0n) is 18.6. The maximum Gasteiger partial charge on any atom is 0.340 e. The Labute approximate surface area is 182 Å². The molecule has 0 aliphatic rings. The Kier molecular flexibility index (Phi) is 9.14. The number of ether oxygens (including phenoxy) is 5. The van der Waals surface area contributed by atoms with Crippen LogP contribution in [0.1, 0.15) is 46.0 Å². The predicted molar refractivity (Wildman–Crippen MR) is 116 cm³/mol. The van der Waals surface area contributed by atoms with Crippen LogP contribution in [-0.2, 0) is 16.1 Å². The Hall–Kier alpha value is -3.26. The number of hydrogen-bond acceptors (Lipinski definition) is 7. The average Bonchev–Trinajstić information content (AvgIpc) is 2.80. The molecule has 0 saturated heterocycles. The van der Waals surface area contributed by atoms with Gasteiger partial charge in [-0.25, -0.2) is 4.79 Å². The lowest BCUT2D eigenvalue weighted by Gasteiger charge is -2.15. The molecule has 1 N–H and O–H groups in total. The minimum absolute atomic E-state index is 0.144. The van der Waals surface area contributed by atoms with Gasteiger partial charge in [0.2, 0.25) is 0 Å². The van der Waals surface area contributed by atoms with Crippen molar-refractivity contribution in [3.63, 3.8) is 0 Å². The smallest absolute Gasteiger partial charge is 0.340 e. The summed E-state index contributed by atoms with van der Waals surface area (Å²) in [6.07, 6.45) is 1.99. The fourth-order valence-electron chi connectivity index (χ4n) is 2.92. The second-order valence-electron chi connectivity index (χ2n) is 6.63. The lowest BCUT2D eigenvalue weighted by Crippen LogP contribution is -2.16. The van der Waals surface area contributed by atoms with Crippen LogP contribution in [-0.4, -0.2) is 46.9 Å². The van der Waals surface area contributed by atoms with Crippen molar-refractivity contribution in [2.75, 3.05) is 40.4 Å². The van der Waals surface area contributed by atoms with Crippen LogP contribution in [0.4, 0.5) is 5.69 Å². The van der Waals surface area contributed by atoms with E-state index < -0.39 is 11.9 Å². The average molecular weight is 431 g/mol. The molecule has 0 aromatic heterocycles. The van der Waals surface area contributed by atoms with Gasteiger partial charge in [-0.2, -0.15) is 0 Å². The highest BCUT2D eigenvalue weighted by molar-refractivity contribution is 6.08. The molecule has 2 aromatic rings. The van der Waals surface area contributed by atoms with Crippen LogP contribution in [0.5, 0.6) is 17.2 Å². The monoisotopic (exact) mass is 431 g/mol. The second kappa shape index (κ2) is 11.8. The van der Waals surface area contributed by atoms with Crippen molar-refractivity contribution < 1.29 is 33.3 Å². The lowest BCUT2D eigenvalue weighted by atomic mass is 10.1. The number of anilines is 1. The van der Waals surface area contributed by atoms with E-state index in [1.165, 1.54) is 33.5 Å². The minimum Gasteiger partial charge on any atom is -0.496 e. The summed E-state index contributed by atoms with van der Waals surface area (Å²) in [5.41, 5.74) is 1.53. The van der Waals surface area contributed by atoms with Crippen LogP contribution in [0, 0.1) is 0 Å². The van der Waals surface area contributed by atoms with Crippen molar-refractivity contribution in [1.29, 1.82) is 0 Å². The third-order valence-corrected chi connectivity index (χ3v) is 4.62. The molecule has 1 amide bonds. The quantitative estimate of drug-likeness (QED) is 0.423. The number of amides is 1. The van der Waals surface area contributed by atoms with Crippen LogP contribution in [0.15, 0.2) is 30.3 Å². The maximum atomic E-state index is 12.9. The summed E-state index contributed by atoms with van der Waals surface area (Å²) in [6, 6.07) is 8.03. The van der Waals surface area contributed by atoms with Gasteiger partial charge in [-0.3, -0.25) is 4.79 Å². The molecule has 0 aliphatic carbocycles. The van der Waals surface area contributed by atoms with Crippen molar-refractivity contribution in [2.24, 2.45) is 0 Å². The molecule has 0 spiro atoms. The topological polar surface area (TPSA) is 92.3 Å². The highest BCUT2D eigenvalue weighted by Crippen LogP contribution is 2.34. The molecule has 0 fully saturated rings. The molecule has 168 valence electrons. The van der Waals surface area contributed by atoms with Gasteiger partial charge in [-0.1, -0.05) is 13.3 Å². The number of carbonyl (C=O) groups excluding carboxylic acids is 2. The molecule has 0 heterocycles. The highest BCUT2D eigenvalue weighted by Gasteiger charge is 2.20. The van der Waals surface area contributed by atoms with E-state index >= 15 is 0 Å². The van der Waals surface area contributed by atoms with Gasteiger partial charge in [-0.05, 0) is 24.6 Å². The fourth-order valence-corrected chi connectivity index (χ4v) is 2.92. The maximum absolute atomic E-state index is 12.9. The summed E-state index contributed by atoms with van der Waals surface area (Å²) < 4.78 is 26.4. The van der Waals surface area contributed by atoms with Crippen molar-refractivity contribution in [2.45, 2.75) is 26.4 Å². The van der Waals surface area contributed by atoms with Gasteiger partial charge in [0.1, 0.15) is 5.75 Å². The molecule has 0 aliphatic heterocycles. The van der Waals surface area contributed by atoms with Gasteiger partial charge < -0.3 is 29.0 Å². The number of benzene rings is 2. The molecule has 0 radical (unpaired) electrons. The molecule has 0 atom stereocenters. The number of carbonyl (C=O) groups is 2. The first-order valence-corrected chi connectivity index (χ1v) is 9.89. The molecular formula is C23H29NO7. The summed E-state index contributed by atoms with van der Waals surface area (Å²) in [7, 11) is 5.75. The van der Waals surface area contributed by atoms with Crippen LogP contribution in [0.25, 0.3) is 0 Å². The van der Waals surface area contributed by atoms with E-state index in [1.807, 2.05) is 0 Å². The molecule has 0 bridgehead atoms. The Morgan fingerprint density at radius 3 is 2.19 bits per heavy atom. The normalized spacial score (nSPS) is 10.4. The van der Waals surface area contributed by atoms with Crippen molar-refractivity contribution in [1.82, 2.24) is 0 Å². The zero-order valence-corrected chi connectivity index (χ0v) is 18.6. The zero-order chi connectivity index (χ0) is 22.8. The first-order chi connectivity index (χ1) is 15.0. The van der Waals surface area contributed by atoms with Gasteiger partial charge in [0.25, 0.3) is 5.91 Å². The third-order valence-electron chi connectivity index (χ3n) is 4.62. The van der Waals surface area contributed by atoms with Crippen molar-refractivity contribution >= 4 is 17.6 Å². The Morgan fingerprint density at radius 1 is 0.903 bits per heavy atom. The number of methoxy groups -OCH3 is 4. The van der Waals surface area contributed by atoms with Gasteiger partial charge in [0.05, 0.1) is 46.3 Å². The minimum atomic E-state index is -0.615. The van der Waals surface area contributed by atoms with E-state index in [4.69, 9.17) is 23.7 Å². The van der Waals surface area contributed by atoms with Crippen molar-refractivity contribution in [3.05, 3.63) is 47.0 Å². The first-order valence-electron chi connectivity index (χ1n) is 9.89. The summed E-state index contributed by atoms with van der Waals surface area (Å²) in [5, 5.41) is 2.75. The van der Waals surface area contributed by atoms with Gasteiger partial charge in [0.15, 0.2) is 11.5 Å². The largest absolute Gasteiger partial charge is 0.496 e.